The Morgan fingerprint density at radius 3 is 2.96 bits per heavy atom. The first-order chi connectivity index (χ1) is 12.2. The van der Waals surface area contributed by atoms with E-state index >= 15 is 0 Å². The molecule has 2 aliphatic heterocycles. The monoisotopic (exact) mass is 335 g/mol. The molecule has 1 saturated heterocycles. The maximum atomic E-state index is 13.0. The average molecular weight is 335 g/mol. The summed E-state index contributed by atoms with van der Waals surface area (Å²) < 4.78 is 7.42. The first kappa shape index (κ1) is 14.4. The molecule has 0 aliphatic carbocycles. The molecule has 0 bridgehead atoms. The van der Waals surface area contributed by atoms with Crippen molar-refractivity contribution in [2.75, 3.05) is 6.54 Å². The zero-order valence-electron chi connectivity index (χ0n) is 14.1. The molecule has 0 N–H and O–H groups in total. The normalized spacial score (nSPS) is 18.2. The minimum Gasteiger partial charge on any atom is -0.332 e. The molecule has 0 spiro atoms. The second kappa shape index (κ2) is 5.02. The van der Waals surface area contributed by atoms with E-state index in [2.05, 4.69) is 15.1 Å². The molecule has 7 heteroatoms. The van der Waals surface area contributed by atoms with Crippen LogP contribution in [0.2, 0.25) is 0 Å². The van der Waals surface area contributed by atoms with Gasteiger partial charge in [0.05, 0.1) is 23.0 Å². The predicted molar refractivity (Wildman–Crippen MR) is 89.4 cm³/mol. The highest BCUT2D eigenvalue weighted by molar-refractivity contribution is 6.00. The number of carbonyl (C=O) groups excluding carboxylic acids is 1. The predicted octanol–water partition coefficient (Wildman–Crippen LogP) is 2.69. The van der Waals surface area contributed by atoms with E-state index in [0.717, 1.165) is 35.5 Å². The van der Waals surface area contributed by atoms with Gasteiger partial charge in [-0.2, -0.15) is 4.98 Å². The number of amides is 1. The van der Waals surface area contributed by atoms with Crippen LogP contribution in [0.15, 0.2) is 29.0 Å². The van der Waals surface area contributed by atoms with Gasteiger partial charge in [-0.25, -0.2) is 4.98 Å². The first-order valence-corrected chi connectivity index (χ1v) is 8.50. The van der Waals surface area contributed by atoms with Crippen LogP contribution in [0.5, 0.6) is 0 Å². The van der Waals surface area contributed by atoms with Crippen LogP contribution in [0.4, 0.5) is 0 Å². The second-order valence-corrected chi connectivity index (χ2v) is 6.49. The third-order valence-electron chi connectivity index (χ3n) is 5.11. The molecule has 2 aliphatic rings. The van der Waals surface area contributed by atoms with E-state index in [0.29, 0.717) is 23.8 Å². The number of rotatable bonds is 2. The number of fused-ring (bicyclic) bond motifs is 5. The fourth-order valence-corrected chi connectivity index (χ4v) is 3.72. The summed E-state index contributed by atoms with van der Waals surface area (Å²) in [4.78, 5) is 23.9. The van der Waals surface area contributed by atoms with Crippen molar-refractivity contribution in [3.05, 3.63) is 47.2 Å². The summed E-state index contributed by atoms with van der Waals surface area (Å²) in [6.45, 7) is 4.71. The Morgan fingerprint density at radius 1 is 1.36 bits per heavy atom. The molecule has 1 aromatic carbocycles. The Bertz CT molecular complexity index is 1000. The van der Waals surface area contributed by atoms with Crippen LogP contribution >= 0.6 is 0 Å². The molecule has 1 amide bonds. The van der Waals surface area contributed by atoms with E-state index in [-0.39, 0.29) is 11.9 Å². The topological polar surface area (TPSA) is 77.0 Å². The number of hydrogen-bond acceptors (Lipinski definition) is 5. The summed E-state index contributed by atoms with van der Waals surface area (Å²) in [5, 5.41) is 3.98. The number of nitrogens with zero attached hydrogens (tertiary/aromatic N) is 5. The van der Waals surface area contributed by atoms with Crippen LogP contribution in [0.25, 0.3) is 17.3 Å². The van der Waals surface area contributed by atoms with E-state index in [1.807, 2.05) is 41.5 Å². The minimum absolute atomic E-state index is 0.00576. The van der Waals surface area contributed by atoms with Crippen molar-refractivity contribution in [2.24, 2.45) is 0 Å². The third kappa shape index (κ3) is 1.86. The molecule has 5 rings (SSSR count). The largest absolute Gasteiger partial charge is 0.332 e. The summed E-state index contributed by atoms with van der Waals surface area (Å²) >= 11 is 0. The molecule has 0 saturated carbocycles. The van der Waals surface area contributed by atoms with Crippen LogP contribution < -0.4 is 0 Å². The third-order valence-corrected chi connectivity index (χ3v) is 5.11. The SMILES string of the molecule is CCc1noc(-c2ncn3c2[C@@H]2CCN2C(=O)c2c(C)cccc2-3)n1. The average Bonchev–Trinajstić information content (AvgIpc) is 3.18. The van der Waals surface area contributed by atoms with E-state index < -0.39 is 0 Å². The fourth-order valence-electron chi connectivity index (χ4n) is 3.72. The number of aromatic nitrogens is 4. The standard InChI is InChI=1S/C18H17N5O2/c1-3-13-20-17(25-21-13)15-16-12-7-8-22(12)18(24)14-10(2)5-4-6-11(14)23(16)9-19-15/h4-6,9,12H,3,7-8H2,1-2H3/t12-/m0/s1. The summed E-state index contributed by atoms with van der Waals surface area (Å²) in [7, 11) is 0. The molecule has 1 fully saturated rings. The Balaban J connectivity index is 1.77. The molecular formula is C18H17N5O2. The van der Waals surface area contributed by atoms with Gasteiger partial charge < -0.3 is 9.42 Å². The van der Waals surface area contributed by atoms with Gasteiger partial charge in [0.2, 0.25) is 0 Å². The maximum Gasteiger partial charge on any atom is 0.278 e. The van der Waals surface area contributed by atoms with Crippen molar-refractivity contribution in [3.8, 4) is 17.3 Å². The number of hydrogen-bond donors (Lipinski definition) is 0. The number of imidazole rings is 1. The van der Waals surface area contributed by atoms with Crippen LogP contribution in [0.1, 0.15) is 46.8 Å². The van der Waals surface area contributed by atoms with Crippen molar-refractivity contribution < 1.29 is 9.32 Å². The molecule has 25 heavy (non-hydrogen) atoms. The highest BCUT2D eigenvalue weighted by Gasteiger charge is 2.42. The Hall–Kier alpha value is -2.96. The summed E-state index contributed by atoms with van der Waals surface area (Å²) in [6.07, 6.45) is 3.37. The molecule has 0 unspecified atom stereocenters. The molecule has 3 aromatic rings. The Morgan fingerprint density at radius 2 is 2.24 bits per heavy atom. The smallest absolute Gasteiger partial charge is 0.278 e. The lowest BCUT2D eigenvalue weighted by Gasteiger charge is -2.39. The second-order valence-electron chi connectivity index (χ2n) is 6.49. The van der Waals surface area contributed by atoms with Crippen molar-refractivity contribution in [1.82, 2.24) is 24.6 Å². The lowest BCUT2D eigenvalue weighted by atomic mass is 9.97. The summed E-state index contributed by atoms with van der Waals surface area (Å²) in [6, 6.07) is 5.90. The van der Waals surface area contributed by atoms with Crippen LogP contribution in [-0.4, -0.2) is 37.0 Å². The van der Waals surface area contributed by atoms with Gasteiger partial charge in [0, 0.05) is 13.0 Å². The molecule has 1 atom stereocenters. The summed E-state index contributed by atoms with van der Waals surface area (Å²) in [5.41, 5.74) is 4.21. The Kier molecular flexibility index (Phi) is 2.89. The number of carbonyl (C=O) groups is 1. The van der Waals surface area contributed by atoms with Crippen molar-refractivity contribution in [1.29, 1.82) is 0 Å². The van der Waals surface area contributed by atoms with E-state index in [1.165, 1.54) is 0 Å². The van der Waals surface area contributed by atoms with Gasteiger partial charge in [-0.05, 0) is 25.0 Å². The summed E-state index contributed by atoms with van der Waals surface area (Å²) in [5.74, 6) is 1.16. The van der Waals surface area contributed by atoms with Gasteiger partial charge in [0.25, 0.3) is 11.8 Å². The van der Waals surface area contributed by atoms with E-state index in [9.17, 15) is 4.79 Å². The number of benzene rings is 1. The molecule has 7 nitrogen and oxygen atoms in total. The Labute approximate surface area is 144 Å². The van der Waals surface area contributed by atoms with Gasteiger partial charge in [-0.15, -0.1) is 0 Å². The molecule has 2 aromatic heterocycles. The van der Waals surface area contributed by atoms with Crippen LogP contribution in [0.3, 0.4) is 0 Å². The number of aryl methyl sites for hydroxylation is 2. The van der Waals surface area contributed by atoms with Crippen molar-refractivity contribution in [3.63, 3.8) is 0 Å². The van der Waals surface area contributed by atoms with Crippen LogP contribution in [0, 0.1) is 6.92 Å². The van der Waals surface area contributed by atoms with Gasteiger partial charge in [0.1, 0.15) is 6.33 Å². The minimum atomic E-state index is -0.00576. The van der Waals surface area contributed by atoms with Gasteiger partial charge in [0.15, 0.2) is 11.5 Å². The quantitative estimate of drug-likeness (QED) is 0.719. The molecule has 4 heterocycles. The maximum absolute atomic E-state index is 13.0. The molecule has 126 valence electrons. The zero-order chi connectivity index (χ0) is 17.1. The van der Waals surface area contributed by atoms with Crippen LogP contribution in [-0.2, 0) is 6.42 Å². The lowest BCUT2D eigenvalue weighted by Crippen LogP contribution is -2.44. The highest BCUT2D eigenvalue weighted by atomic mass is 16.5. The highest BCUT2D eigenvalue weighted by Crippen LogP contribution is 2.43. The lowest BCUT2D eigenvalue weighted by molar-refractivity contribution is 0.0460. The fraction of sp³-hybridized carbons (Fsp3) is 0.333. The van der Waals surface area contributed by atoms with Gasteiger partial charge in [-0.3, -0.25) is 9.36 Å². The molecular weight excluding hydrogens is 318 g/mol. The molecule has 0 radical (unpaired) electrons. The van der Waals surface area contributed by atoms with Crippen molar-refractivity contribution >= 4 is 5.91 Å². The van der Waals surface area contributed by atoms with E-state index in [4.69, 9.17) is 4.52 Å². The zero-order valence-corrected chi connectivity index (χ0v) is 14.1. The first-order valence-electron chi connectivity index (χ1n) is 8.50. The van der Waals surface area contributed by atoms with Gasteiger partial charge >= 0.3 is 0 Å². The van der Waals surface area contributed by atoms with E-state index in [1.54, 1.807) is 6.33 Å². The van der Waals surface area contributed by atoms with Gasteiger partial charge in [-0.1, -0.05) is 24.2 Å². The van der Waals surface area contributed by atoms with Crippen molar-refractivity contribution in [2.45, 2.75) is 32.7 Å².